The van der Waals surface area contributed by atoms with Gasteiger partial charge in [-0.1, -0.05) is 24.4 Å². The van der Waals surface area contributed by atoms with Gasteiger partial charge < -0.3 is 20.7 Å². The normalized spacial score (nSPS) is 16.0. The van der Waals surface area contributed by atoms with Crippen LogP contribution in [-0.2, 0) is 9.53 Å². The van der Waals surface area contributed by atoms with E-state index in [1.165, 1.54) is 4.90 Å². The largest absolute Gasteiger partial charge is 0.389 e. The average Bonchev–Trinajstić information content (AvgIpc) is 2.40. The van der Waals surface area contributed by atoms with Gasteiger partial charge >= 0.3 is 0 Å². The summed E-state index contributed by atoms with van der Waals surface area (Å²) in [6, 6.07) is 7.26. The fourth-order valence-electron chi connectivity index (χ4n) is 2.02. The van der Waals surface area contributed by atoms with E-state index in [-0.39, 0.29) is 5.91 Å². The zero-order valence-corrected chi connectivity index (χ0v) is 11.5. The fourth-order valence-corrected chi connectivity index (χ4v) is 2.15. The second-order valence-electron chi connectivity index (χ2n) is 4.53. The predicted molar refractivity (Wildman–Crippen MR) is 77.3 cm³/mol. The minimum Gasteiger partial charge on any atom is -0.389 e. The number of quaternary nitrogens is 1. The van der Waals surface area contributed by atoms with Crippen molar-refractivity contribution in [2.75, 3.05) is 38.2 Å². The quantitative estimate of drug-likeness (QED) is 0.630. The van der Waals surface area contributed by atoms with Crippen LogP contribution < -0.4 is 16.0 Å². The maximum atomic E-state index is 11.9. The fraction of sp³-hybridized carbons (Fsp3) is 0.385. The van der Waals surface area contributed by atoms with Crippen LogP contribution in [0, 0.1) is 0 Å². The highest BCUT2D eigenvalue weighted by molar-refractivity contribution is 7.80. The molecule has 0 spiro atoms. The van der Waals surface area contributed by atoms with Gasteiger partial charge in [-0.3, -0.25) is 4.79 Å². The lowest BCUT2D eigenvalue weighted by Gasteiger charge is -2.23. The molecule has 19 heavy (non-hydrogen) atoms. The lowest BCUT2D eigenvalue weighted by Crippen LogP contribution is -3.15. The number of benzene rings is 1. The van der Waals surface area contributed by atoms with Gasteiger partial charge in [0.05, 0.1) is 13.2 Å². The van der Waals surface area contributed by atoms with E-state index in [0.29, 0.717) is 11.5 Å². The Bertz CT molecular complexity index is 473. The highest BCUT2D eigenvalue weighted by Gasteiger charge is 2.17. The van der Waals surface area contributed by atoms with E-state index in [4.69, 9.17) is 22.7 Å². The summed E-state index contributed by atoms with van der Waals surface area (Å²) < 4.78 is 5.26. The number of nitrogens with two attached hydrogens (primary N) is 1. The smallest absolute Gasteiger partial charge is 0.279 e. The Balaban J connectivity index is 1.90. The van der Waals surface area contributed by atoms with E-state index in [1.807, 2.05) is 18.2 Å². The first-order chi connectivity index (χ1) is 9.15. The summed E-state index contributed by atoms with van der Waals surface area (Å²) in [5, 5.41) is 2.87. The number of ether oxygens (including phenoxy) is 1. The number of thiocarbonyl (C=S) groups is 1. The lowest BCUT2D eigenvalue weighted by atomic mass is 10.2. The molecule has 0 aliphatic carbocycles. The number of amides is 1. The predicted octanol–water partition coefficient (Wildman–Crippen LogP) is -0.826. The van der Waals surface area contributed by atoms with Crippen LogP contribution in [0.2, 0.25) is 0 Å². The van der Waals surface area contributed by atoms with Crippen molar-refractivity contribution in [3.8, 4) is 0 Å². The van der Waals surface area contributed by atoms with Crippen molar-refractivity contribution < 1.29 is 14.4 Å². The summed E-state index contributed by atoms with van der Waals surface area (Å²) in [6.07, 6.45) is 0. The van der Waals surface area contributed by atoms with E-state index in [2.05, 4.69) is 5.32 Å². The molecule has 1 aromatic rings. The summed E-state index contributed by atoms with van der Waals surface area (Å²) in [5.74, 6) is -0.00279. The average molecular weight is 280 g/mol. The summed E-state index contributed by atoms with van der Waals surface area (Å²) in [5.41, 5.74) is 7.04. The number of anilines is 1. The van der Waals surface area contributed by atoms with Gasteiger partial charge in [-0.2, -0.15) is 0 Å². The van der Waals surface area contributed by atoms with Gasteiger partial charge in [-0.05, 0) is 12.1 Å². The molecule has 2 rings (SSSR count). The standard InChI is InChI=1S/C13H17N3O2S/c14-13(19)10-2-1-3-11(8-10)15-12(17)9-16-4-6-18-7-5-16/h1-3,8H,4-7,9H2,(H2,14,19)(H,15,17)/p+1. The maximum Gasteiger partial charge on any atom is 0.279 e. The number of morpholine rings is 1. The molecule has 0 aromatic heterocycles. The number of nitrogens with one attached hydrogen (secondary N) is 2. The zero-order valence-electron chi connectivity index (χ0n) is 10.6. The first-order valence-corrected chi connectivity index (χ1v) is 6.67. The topological polar surface area (TPSA) is 68.8 Å². The van der Waals surface area contributed by atoms with Crippen LogP contribution in [0.15, 0.2) is 24.3 Å². The number of hydrogen-bond acceptors (Lipinski definition) is 3. The monoisotopic (exact) mass is 280 g/mol. The third kappa shape index (κ3) is 4.27. The van der Waals surface area contributed by atoms with Gasteiger partial charge in [0.2, 0.25) is 0 Å². The van der Waals surface area contributed by atoms with Gasteiger partial charge in [-0.15, -0.1) is 0 Å². The molecule has 1 heterocycles. The lowest BCUT2D eigenvalue weighted by molar-refractivity contribution is -0.899. The molecule has 1 aromatic carbocycles. The number of carbonyl (C=O) groups is 1. The third-order valence-corrected chi connectivity index (χ3v) is 3.28. The molecule has 1 saturated heterocycles. The van der Waals surface area contributed by atoms with E-state index in [9.17, 15) is 4.79 Å². The minimum atomic E-state index is -0.00279. The molecule has 6 heteroatoms. The van der Waals surface area contributed by atoms with Crippen LogP contribution in [0.5, 0.6) is 0 Å². The van der Waals surface area contributed by atoms with Crippen molar-refractivity contribution in [1.82, 2.24) is 0 Å². The van der Waals surface area contributed by atoms with Crippen molar-refractivity contribution in [1.29, 1.82) is 0 Å². The van der Waals surface area contributed by atoms with Crippen molar-refractivity contribution in [2.24, 2.45) is 5.73 Å². The van der Waals surface area contributed by atoms with Crippen LogP contribution in [0.3, 0.4) is 0 Å². The van der Waals surface area contributed by atoms with E-state index >= 15 is 0 Å². The van der Waals surface area contributed by atoms with Crippen LogP contribution in [0.25, 0.3) is 0 Å². The van der Waals surface area contributed by atoms with Crippen LogP contribution >= 0.6 is 12.2 Å². The van der Waals surface area contributed by atoms with Crippen LogP contribution in [0.1, 0.15) is 5.56 Å². The summed E-state index contributed by atoms with van der Waals surface area (Å²) in [6.45, 7) is 3.65. The van der Waals surface area contributed by atoms with Crippen molar-refractivity contribution in [3.63, 3.8) is 0 Å². The Kier molecular flexibility index (Phi) is 4.84. The highest BCUT2D eigenvalue weighted by atomic mass is 32.1. The van der Waals surface area contributed by atoms with Crippen LogP contribution in [0.4, 0.5) is 5.69 Å². The Morgan fingerprint density at radius 3 is 2.84 bits per heavy atom. The molecule has 1 amide bonds. The first kappa shape index (κ1) is 13.9. The zero-order chi connectivity index (χ0) is 13.7. The van der Waals surface area contributed by atoms with Gasteiger partial charge in [0.15, 0.2) is 6.54 Å². The molecule has 0 unspecified atom stereocenters. The summed E-state index contributed by atoms with van der Waals surface area (Å²) in [7, 11) is 0. The molecule has 1 aliphatic heterocycles. The molecule has 0 saturated carbocycles. The first-order valence-electron chi connectivity index (χ1n) is 6.26. The van der Waals surface area contributed by atoms with Gasteiger partial charge in [0.1, 0.15) is 18.1 Å². The summed E-state index contributed by atoms with van der Waals surface area (Å²) in [4.78, 5) is 13.5. The van der Waals surface area contributed by atoms with E-state index < -0.39 is 0 Å². The van der Waals surface area contributed by atoms with Gasteiger partial charge in [0.25, 0.3) is 5.91 Å². The molecule has 0 bridgehead atoms. The summed E-state index contributed by atoms with van der Waals surface area (Å²) >= 11 is 4.91. The molecular weight excluding hydrogens is 262 g/mol. The van der Waals surface area contributed by atoms with Crippen molar-refractivity contribution in [2.45, 2.75) is 0 Å². The molecule has 4 N–H and O–H groups in total. The number of rotatable bonds is 4. The molecule has 0 atom stereocenters. The van der Waals surface area contributed by atoms with E-state index in [0.717, 1.165) is 37.6 Å². The van der Waals surface area contributed by atoms with Gasteiger partial charge in [0, 0.05) is 11.3 Å². The Morgan fingerprint density at radius 1 is 1.42 bits per heavy atom. The maximum absolute atomic E-state index is 11.9. The van der Waals surface area contributed by atoms with Crippen molar-refractivity contribution >= 4 is 28.8 Å². The number of hydrogen-bond donors (Lipinski definition) is 3. The molecule has 5 nitrogen and oxygen atoms in total. The van der Waals surface area contributed by atoms with Crippen LogP contribution in [-0.4, -0.2) is 43.7 Å². The SMILES string of the molecule is NC(=S)c1cccc(NC(=O)C[NH+]2CCOCC2)c1. The van der Waals surface area contributed by atoms with Crippen molar-refractivity contribution in [3.05, 3.63) is 29.8 Å². The van der Waals surface area contributed by atoms with Gasteiger partial charge in [-0.25, -0.2) is 0 Å². The minimum absolute atomic E-state index is 0.00279. The molecular formula is C13H18N3O2S+. The molecule has 102 valence electrons. The number of carbonyl (C=O) groups excluding carboxylic acids is 1. The Morgan fingerprint density at radius 2 is 2.16 bits per heavy atom. The Labute approximate surface area is 117 Å². The second-order valence-corrected chi connectivity index (χ2v) is 4.97. The third-order valence-electron chi connectivity index (χ3n) is 3.04. The molecule has 1 aliphatic rings. The molecule has 1 fully saturated rings. The van der Waals surface area contributed by atoms with E-state index in [1.54, 1.807) is 6.07 Å². The molecule has 0 radical (unpaired) electrons. The second kappa shape index (κ2) is 6.60. The highest BCUT2D eigenvalue weighted by Crippen LogP contribution is 2.10. The Hall–Kier alpha value is -1.50.